The fourth-order valence-electron chi connectivity index (χ4n) is 0.718. The Morgan fingerprint density at radius 1 is 0.938 bits per heavy atom. The van der Waals surface area contributed by atoms with Crippen molar-refractivity contribution >= 4 is 43.2 Å². The van der Waals surface area contributed by atoms with Gasteiger partial charge in [-0.15, -0.1) is 0 Å². The summed E-state index contributed by atoms with van der Waals surface area (Å²) in [4.78, 5) is 0. The molecule has 0 spiro atoms. The number of hydrogen-bond donors (Lipinski definition) is 0. The van der Waals surface area contributed by atoms with Gasteiger partial charge in [-0.1, -0.05) is 31.9 Å². The Bertz CT molecular complexity index is 210. The van der Waals surface area contributed by atoms with E-state index in [0.29, 0.717) is 0 Å². The first-order valence-corrected chi connectivity index (χ1v) is 8.23. The van der Waals surface area contributed by atoms with E-state index >= 15 is 0 Å². The molecule has 0 aromatic rings. The molecule has 0 saturated heterocycles. The van der Waals surface area contributed by atoms with Crippen molar-refractivity contribution in [3.05, 3.63) is 24.7 Å². The highest BCUT2D eigenvalue weighted by Crippen LogP contribution is 1.99. The largest absolute Gasteiger partial charge is 0.416 e. The quantitative estimate of drug-likeness (QED) is 0.329. The van der Waals surface area contributed by atoms with Crippen molar-refractivity contribution in [2.45, 2.75) is 25.7 Å². The lowest BCUT2D eigenvalue weighted by atomic mass is 10.3. The summed E-state index contributed by atoms with van der Waals surface area (Å²) in [5.41, 5.74) is 0. The number of unbranched alkanes of at least 4 members (excludes halogenated alkanes) is 2. The zero-order chi connectivity index (χ0) is 12.1. The number of alkyl halides is 2. The van der Waals surface area contributed by atoms with Crippen LogP contribution in [0.3, 0.4) is 0 Å². The smallest absolute Gasteiger partial charge is 0.379 e. The molecule has 0 rings (SSSR count). The Morgan fingerprint density at radius 2 is 1.38 bits per heavy atom. The third kappa shape index (κ3) is 12.3. The summed E-state index contributed by atoms with van der Waals surface area (Å²) >= 11 is 4.90. The summed E-state index contributed by atoms with van der Waals surface area (Å²) in [6.07, 6.45) is 10.3. The minimum Gasteiger partial charge on any atom is -0.379 e. The molecule has 0 atom stereocenters. The SMILES string of the molecule is O=S(OC=CCCCBr)OC=CCCCBr. The molecule has 94 valence electrons. The van der Waals surface area contributed by atoms with Crippen molar-refractivity contribution in [1.82, 2.24) is 0 Å². The molecule has 3 nitrogen and oxygen atoms in total. The van der Waals surface area contributed by atoms with Crippen LogP contribution in [0.15, 0.2) is 24.7 Å². The molecule has 0 unspecified atom stereocenters. The predicted octanol–water partition coefficient (Wildman–Crippen LogP) is 3.98. The van der Waals surface area contributed by atoms with Crippen molar-refractivity contribution in [1.29, 1.82) is 0 Å². The second-order valence-electron chi connectivity index (χ2n) is 2.80. The van der Waals surface area contributed by atoms with Crippen molar-refractivity contribution < 1.29 is 12.6 Å². The van der Waals surface area contributed by atoms with Crippen LogP contribution in [0.5, 0.6) is 0 Å². The van der Waals surface area contributed by atoms with Crippen LogP contribution in [-0.2, 0) is 19.7 Å². The molecule has 0 heterocycles. The Morgan fingerprint density at radius 3 is 1.75 bits per heavy atom. The zero-order valence-electron chi connectivity index (χ0n) is 8.94. The Kier molecular flexibility index (Phi) is 13.4. The van der Waals surface area contributed by atoms with E-state index in [1.54, 1.807) is 0 Å². The van der Waals surface area contributed by atoms with Crippen LogP contribution in [0.25, 0.3) is 0 Å². The molecule has 0 aliphatic carbocycles. The summed E-state index contributed by atoms with van der Waals surface area (Å²) in [5, 5.41) is 1.90. The molecule has 0 aromatic heterocycles. The lowest BCUT2D eigenvalue weighted by Gasteiger charge is -1.96. The fourth-order valence-corrected chi connectivity index (χ4v) is 1.75. The maximum absolute atomic E-state index is 11.1. The summed E-state index contributed by atoms with van der Waals surface area (Å²) in [7, 11) is 0. The number of rotatable bonds is 10. The average molecular weight is 376 g/mol. The van der Waals surface area contributed by atoms with Gasteiger partial charge in [0.25, 0.3) is 0 Å². The first-order valence-electron chi connectivity index (χ1n) is 4.99. The first-order chi connectivity index (χ1) is 7.81. The lowest BCUT2D eigenvalue weighted by Crippen LogP contribution is -1.91. The van der Waals surface area contributed by atoms with Gasteiger partial charge in [0.15, 0.2) is 0 Å². The van der Waals surface area contributed by atoms with E-state index in [9.17, 15) is 4.21 Å². The van der Waals surface area contributed by atoms with Crippen LogP contribution in [0.2, 0.25) is 0 Å². The van der Waals surface area contributed by atoms with Gasteiger partial charge in [0.2, 0.25) is 0 Å². The average Bonchev–Trinajstić information content (AvgIpc) is 2.28. The second-order valence-corrected chi connectivity index (χ2v) is 5.18. The van der Waals surface area contributed by atoms with Crippen molar-refractivity contribution in [3.8, 4) is 0 Å². The Labute approximate surface area is 116 Å². The molecule has 0 N–H and O–H groups in total. The first kappa shape index (κ1) is 16.2. The van der Waals surface area contributed by atoms with Gasteiger partial charge in [-0.3, -0.25) is 0 Å². The van der Waals surface area contributed by atoms with Crippen LogP contribution in [0, 0.1) is 0 Å². The van der Waals surface area contributed by atoms with Gasteiger partial charge in [0, 0.05) is 10.7 Å². The standard InChI is InChI=1S/C10H16Br2O3S/c11-7-3-1-5-9-14-16(13)15-10-6-2-4-8-12/h5-6,9-10H,1-4,7-8H2. The van der Waals surface area contributed by atoms with E-state index in [4.69, 9.17) is 8.37 Å². The number of hydrogen-bond acceptors (Lipinski definition) is 3. The highest BCUT2D eigenvalue weighted by atomic mass is 79.9. The molecule has 0 fully saturated rings. The number of allylic oxidation sites excluding steroid dienone is 2. The van der Waals surface area contributed by atoms with Gasteiger partial charge in [-0.05, 0) is 37.8 Å². The van der Waals surface area contributed by atoms with Gasteiger partial charge in [-0.25, -0.2) is 0 Å². The van der Waals surface area contributed by atoms with Crippen LogP contribution >= 0.6 is 31.9 Å². The van der Waals surface area contributed by atoms with E-state index in [2.05, 4.69) is 31.9 Å². The second kappa shape index (κ2) is 13.3. The van der Waals surface area contributed by atoms with Gasteiger partial charge in [0.1, 0.15) is 12.5 Å². The van der Waals surface area contributed by atoms with Gasteiger partial charge >= 0.3 is 11.4 Å². The molecule has 0 bridgehead atoms. The molecule has 0 radical (unpaired) electrons. The highest BCUT2D eigenvalue weighted by molar-refractivity contribution is 9.09. The van der Waals surface area contributed by atoms with E-state index in [1.165, 1.54) is 12.5 Å². The molecule has 0 amide bonds. The zero-order valence-corrected chi connectivity index (χ0v) is 12.9. The van der Waals surface area contributed by atoms with Gasteiger partial charge in [-0.2, -0.15) is 4.21 Å². The van der Waals surface area contributed by atoms with Crippen LogP contribution in [-0.4, -0.2) is 14.9 Å². The van der Waals surface area contributed by atoms with Crippen molar-refractivity contribution in [3.63, 3.8) is 0 Å². The summed E-state index contributed by atoms with van der Waals surface area (Å²) in [5.74, 6) is 0. The molecule has 0 aliphatic rings. The molecular weight excluding hydrogens is 360 g/mol. The van der Waals surface area contributed by atoms with E-state index in [1.807, 2.05) is 12.2 Å². The van der Waals surface area contributed by atoms with Gasteiger partial charge in [0.05, 0.1) is 0 Å². The molecular formula is C10H16Br2O3S. The Balaban J connectivity index is 3.43. The van der Waals surface area contributed by atoms with Crippen LogP contribution < -0.4 is 0 Å². The third-order valence-electron chi connectivity index (χ3n) is 1.47. The van der Waals surface area contributed by atoms with E-state index in [-0.39, 0.29) is 0 Å². The summed E-state index contributed by atoms with van der Waals surface area (Å²) in [6.45, 7) is 0. The lowest BCUT2D eigenvalue weighted by molar-refractivity contribution is 0.392. The van der Waals surface area contributed by atoms with Crippen LogP contribution in [0.4, 0.5) is 0 Å². The minimum absolute atomic E-state index is 0.892. The van der Waals surface area contributed by atoms with Gasteiger partial charge < -0.3 is 8.37 Å². The maximum atomic E-state index is 11.1. The summed E-state index contributed by atoms with van der Waals surface area (Å²) < 4.78 is 20.6. The summed E-state index contributed by atoms with van der Waals surface area (Å²) in [6, 6.07) is 0. The molecule has 6 heteroatoms. The Hall–Kier alpha value is 0.190. The highest BCUT2D eigenvalue weighted by Gasteiger charge is 1.93. The third-order valence-corrected chi connectivity index (χ3v) is 3.13. The van der Waals surface area contributed by atoms with Crippen molar-refractivity contribution in [2.24, 2.45) is 0 Å². The number of halogens is 2. The minimum atomic E-state index is -1.73. The van der Waals surface area contributed by atoms with E-state index < -0.39 is 11.4 Å². The predicted molar refractivity (Wildman–Crippen MR) is 74.6 cm³/mol. The molecule has 0 aromatic carbocycles. The molecule has 0 saturated carbocycles. The fraction of sp³-hybridized carbons (Fsp3) is 0.600. The topological polar surface area (TPSA) is 35.5 Å². The monoisotopic (exact) mass is 374 g/mol. The molecule has 0 aliphatic heterocycles. The maximum Gasteiger partial charge on any atom is 0.416 e. The normalized spacial score (nSPS) is 13.4. The van der Waals surface area contributed by atoms with Crippen LogP contribution in [0.1, 0.15) is 25.7 Å². The van der Waals surface area contributed by atoms with E-state index in [0.717, 1.165) is 36.3 Å². The van der Waals surface area contributed by atoms with Crippen molar-refractivity contribution in [2.75, 3.05) is 10.7 Å². The molecule has 16 heavy (non-hydrogen) atoms.